The van der Waals surface area contributed by atoms with Crippen LogP contribution in [0.25, 0.3) is 11.1 Å². The summed E-state index contributed by atoms with van der Waals surface area (Å²) in [5.74, 6) is 1.00. The minimum absolute atomic E-state index is 0.126. The first-order valence-corrected chi connectivity index (χ1v) is 10.5. The van der Waals surface area contributed by atoms with Gasteiger partial charge in [-0.2, -0.15) is 0 Å². The van der Waals surface area contributed by atoms with E-state index in [9.17, 15) is 4.79 Å². The number of methoxy groups -OCH3 is 1. The van der Waals surface area contributed by atoms with Gasteiger partial charge in [0.1, 0.15) is 5.75 Å². The molecule has 0 aromatic heterocycles. The highest BCUT2D eigenvalue weighted by Gasteiger charge is 2.22. The standard InChI is InChI=1S/C26H28N2O2/c1-30-23-14-12-21(13-15-23)20-27-16-7-17-28(19-18-27)26(29)25-11-6-5-10-24(25)22-8-3-2-4-9-22/h2-6,8-15H,7,16-20H2,1H3. The Balaban J connectivity index is 1.44. The van der Waals surface area contributed by atoms with E-state index in [-0.39, 0.29) is 5.91 Å². The van der Waals surface area contributed by atoms with Crippen molar-refractivity contribution in [1.82, 2.24) is 9.80 Å². The van der Waals surface area contributed by atoms with Crippen LogP contribution >= 0.6 is 0 Å². The molecule has 30 heavy (non-hydrogen) atoms. The summed E-state index contributed by atoms with van der Waals surface area (Å²) in [5.41, 5.74) is 4.14. The third kappa shape index (κ3) is 4.71. The van der Waals surface area contributed by atoms with Gasteiger partial charge in [0.15, 0.2) is 0 Å². The molecule has 4 rings (SSSR count). The van der Waals surface area contributed by atoms with Crippen molar-refractivity contribution < 1.29 is 9.53 Å². The second-order valence-electron chi connectivity index (χ2n) is 7.68. The summed E-state index contributed by atoms with van der Waals surface area (Å²) in [6.45, 7) is 4.31. The van der Waals surface area contributed by atoms with Crippen LogP contribution in [0.1, 0.15) is 22.3 Å². The van der Waals surface area contributed by atoms with Crippen LogP contribution in [-0.2, 0) is 6.54 Å². The van der Waals surface area contributed by atoms with Crippen LogP contribution in [0.2, 0.25) is 0 Å². The summed E-state index contributed by atoms with van der Waals surface area (Å²) in [7, 11) is 1.69. The van der Waals surface area contributed by atoms with Crippen LogP contribution in [0.3, 0.4) is 0 Å². The summed E-state index contributed by atoms with van der Waals surface area (Å²) in [5, 5.41) is 0. The maximum absolute atomic E-state index is 13.4. The topological polar surface area (TPSA) is 32.8 Å². The molecule has 1 amide bonds. The van der Waals surface area contributed by atoms with E-state index >= 15 is 0 Å². The van der Waals surface area contributed by atoms with Gasteiger partial charge in [-0.05, 0) is 41.3 Å². The zero-order chi connectivity index (χ0) is 20.8. The molecule has 0 N–H and O–H groups in total. The van der Waals surface area contributed by atoms with Gasteiger partial charge < -0.3 is 9.64 Å². The molecule has 0 atom stereocenters. The maximum atomic E-state index is 13.4. The lowest BCUT2D eigenvalue weighted by molar-refractivity contribution is 0.0762. The number of hydrogen-bond donors (Lipinski definition) is 0. The van der Waals surface area contributed by atoms with E-state index in [4.69, 9.17) is 4.74 Å². The summed E-state index contributed by atoms with van der Waals surface area (Å²) >= 11 is 0. The smallest absolute Gasteiger partial charge is 0.254 e. The molecule has 4 nitrogen and oxygen atoms in total. The van der Waals surface area contributed by atoms with Crippen molar-refractivity contribution in [2.24, 2.45) is 0 Å². The van der Waals surface area contributed by atoms with Crippen molar-refractivity contribution in [2.75, 3.05) is 33.3 Å². The third-order valence-electron chi connectivity index (χ3n) is 5.68. The lowest BCUT2D eigenvalue weighted by Gasteiger charge is -2.23. The van der Waals surface area contributed by atoms with Crippen LogP contribution in [0.4, 0.5) is 0 Å². The third-order valence-corrected chi connectivity index (χ3v) is 5.68. The number of ether oxygens (including phenoxy) is 1. The van der Waals surface area contributed by atoms with Crippen LogP contribution in [0.5, 0.6) is 5.75 Å². The maximum Gasteiger partial charge on any atom is 0.254 e. The highest BCUT2D eigenvalue weighted by molar-refractivity contribution is 6.00. The van der Waals surface area contributed by atoms with Gasteiger partial charge in [-0.15, -0.1) is 0 Å². The van der Waals surface area contributed by atoms with Gasteiger partial charge in [0, 0.05) is 38.3 Å². The normalized spacial score (nSPS) is 14.9. The Hall–Kier alpha value is -3.11. The van der Waals surface area contributed by atoms with Crippen LogP contribution in [-0.4, -0.2) is 49.0 Å². The molecule has 4 heteroatoms. The molecule has 1 aliphatic heterocycles. The molecule has 1 aliphatic rings. The number of rotatable bonds is 5. The van der Waals surface area contributed by atoms with Crippen molar-refractivity contribution >= 4 is 5.91 Å². The number of benzene rings is 3. The molecule has 3 aromatic carbocycles. The number of carbonyl (C=O) groups excluding carboxylic acids is 1. The van der Waals surface area contributed by atoms with E-state index in [0.717, 1.165) is 61.6 Å². The van der Waals surface area contributed by atoms with Crippen molar-refractivity contribution in [3.05, 3.63) is 90.0 Å². The Labute approximate surface area is 178 Å². The van der Waals surface area contributed by atoms with Crippen molar-refractivity contribution in [3.8, 4) is 16.9 Å². The first-order chi connectivity index (χ1) is 14.7. The Morgan fingerprint density at radius 2 is 1.57 bits per heavy atom. The lowest BCUT2D eigenvalue weighted by atomic mass is 9.99. The minimum atomic E-state index is 0.126. The predicted molar refractivity (Wildman–Crippen MR) is 121 cm³/mol. The summed E-state index contributed by atoms with van der Waals surface area (Å²) in [4.78, 5) is 17.8. The number of nitrogens with zero attached hydrogens (tertiary/aromatic N) is 2. The fraction of sp³-hybridized carbons (Fsp3) is 0.269. The molecule has 1 saturated heterocycles. The number of hydrogen-bond acceptors (Lipinski definition) is 3. The fourth-order valence-electron chi connectivity index (χ4n) is 4.03. The summed E-state index contributed by atoms with van der Waals surface area (Å²) in [6.07, 6.45) is 0.982. The molecule has 3 aromatic rings. The predicted octanol–water partition coefficient (Wildman–Crippen LogP) is 4.71. The van der Waals surface area contributed by atoms with Crippen molar-refractivity contribution in [1.29, 1.82) is 0 Å². The Kier molecular flexibility index (Phi) is 6.45. The molecule has 1 heterocycles. The first kappa shape index (κ1) is 20.2. The van der Waals surface area contributed by atoms with Gasteiger partial charge in [0.05, 0.1) is 7.11 Å². The largest absolute Gasteiger partial charge is 0.497 e. The van der Waals surface area contributed by atoms with Crippen LogP contribution in [0, 0.1) is 0 Å². The molecular formula is C26H28N2O2. The SMILES string of the molecule is COc1ccc(CN2CCCN(C(=O)c3ccccc3-c3ccccc3)CC2)cc1. The van der Waals surface area contributed by atoms with Gasteiger partial charge in [-0.1, -0.05) is 60.7 Å². The average molecular weight is 401 g/mol. The molecule has 0 spiro atoms. The summed E-state index contributed by atoms with van der Waals surface area (Å²) < 4.78 is 5.25. The molecule has 0 saturated carbocycles. The van der Waals surface area contributed by atoms with Gasteiger partial charge in [-0.3, -0.25) is 9.69 Å². The highest BCUT2D eigenvalue weighted by atomic mass is 16.5. The average Bonchev–Trinajstić information content (AvgIpc) is 3.05. The summed E-state index contributed by atoms with van der Waals surface area (Å²) in [6, 6.07) is 26.3. The van der Waals surface area contributed by atoms with E-state index in [1.807, 2.05) is 59.5 Å². The molecule has 0 unspecified atom stereocenters. The van der Waals surface area contributed by atoms with Gasteiger partial charge in [0.25, 0.3) is 5.91 Å². The fourth-order valence-corrected chi connectivity index (χ4v) is 4.03. The Morgan fingerprint density at radius 1 is 0.833 bits per heavy atom. The monoisotopic (exact) mass is 400 g/mol. The van der Waals surface area contributed by atoms with Gasteiger partial charge in [0.2, 0.25) is 0 Å². The lowest BCUT2D eigenvalue weighted by Crippen LogP contribution is -2.35. The number of carbonyl (C=O) groups is 1. The molecule has 0 radical (unpaired) electrons. The van der Waals surface area contributed by atoms with Gasteiger partial charge >= 0.3 is 0 Å². The quantitative estimate of drug-likeness (QED) is 0.622. The van der Waals surface area contributed by atoms with E-state index in [1.54, 1.807) is 7.11 Å². The highest BCUT2D eigenvalue weighted by Crippen LogP contribution is 2.25. The second kappa shape index (κ2) is 9.59. The first-order valence-electron chi connectivity index (χ1n) is 10.5. The van der Waals surface area contributed by atoms with E-state index in [2.05, 4.69) is 29.2 Å². The van der Waals surface area contributed by atoms with Crippen molar-refractivity contribution in [2.45, 2.75) is 13.0 Å². The minimum Gasteiger partial charge on any atom is -0.497 e. The van der Waals surface area contributed by atoms with Crippen LogP contribution in [0.15, 0.2) is 78.9 Å². The van der Waals surface area contributed by atoms with E-state index < -0.39 is 0 Å². The zero-order valence-corrected chi connectivity index (χ0v) is 17.5. The zero-order valence-electron chi connectivity index (χ0n) is 17.5. The molecule has 0 bridgehead atoms. The Bertz CT molecular complexity index is 970. The molecule has 1 fully saturated rings. The van der Waals surface area contributed by atoms with Crippen molar-refractivity contribution in [3.63, 3.8) is 0 Å². The van der Waals surface area contributed by atoms with E-state index in [0.29, 0.717) is 0 Å². The number of amides is 1. The molecule has 0 aliphatic carbocycles. The Morgan fingerprint density at radius 3 is 2.33 bits per heavy atom. The second-order valence-corrected chi connectivity index (χ2v) is 7.68. The van der Waals surface area contributed by atoms with E-state index in [1.165, 1.54) is 5.56 Å². The molecular weight excluding hydrogens is 372 g/mol. The molecule has 154 valence electrons. The van der Waals surface area contributed by atoms with Crippen LogP contribution < -0.4 is 4.74 Å². The van der Waals surface area contributed by atoms with Gasteiger partial charge in [-0.25, -0.2) is 0 Å².